The number of rotatable bonds is 2. The highest BCUT2D eigenvalue weighted by atomic mass is 16.3. The maximum Gasteiger partial charge on any atom is 0.0530 e. The molecule has 66 valence electrons. The van der Waals surface area contributed by atoms with Gasteiger partial charge in [0.1, 0.15) is 0 Å². The lowest BCUT2D eigenvalue weighted by Crippen LogP contribution is -2.54. The van der Waals surface area contributed by atoms with Crippen molar-refractivity contribution in [3.8, 4) is 0 Å². The Morgan fingerprint density at radius 3 is 2.91 bits per heavy atom. The summed E-state index contributed by atoms with van der Waals surface area (Å²) in [5.74, 6) is 0. The Kier molecular flexibility index (Phi) is 2.87. The minimum Gasteiger partial charge on any atom is -0.393 e. The Morgan fingerprint density at radius 2 is 2.45 bits per heavy atom. The molecule has 0 aromatic rings. The van der Waals surface area contributed by atoms with Gasteiger partial charge in [-0.15, -0.1) is 0 Å². The van der Waals surface area contributed by atoms with Crippen molar-refractivity contribution >= 4 is 0 Å². The molecule has 0 radical (unpaired) electrons. The maximum atomic E-state index is 9.16. The summed E-state index contributed by atoms with van der Waals surface area (Å²) >= 11 is 0. The van der Waals surface area contributed by atoms with Gasteiger partial charge in [-0.05, 0) is 32.7 Å². The molecule has 2 unspecified atom stereocenters. The zero-order valence-electron chi connectivity index (χ0n) is 7.14. The van der Waals surface area contributed by atoms with E-state index in [-0.39, 0.29) is 11.6 Å². The maximum absolute atomic E-state index is 9.16. The number of hydrogen-bond acceptors (Lipinski definition) is 3. The Bertz CT molecular complexity index is 119. The van der Waals surface area contributed by atoms with Crippen molar-refractivity contribution in [3.05, 3.63) is 0 Å². The van der Waals surface area contributed by atoms with Crippen LogP contribution in [0.5, 0.6) is 0 Å². The largest absolute Gasteiger partial charge is 0.393 e. The zero-order valence-corrected chi connectivity index (χ0v) is 7.14. The van der Waals surface area contributed by atoms with E-state index in [4.69, 9.17) is 10.8 Å². The van der Waals surface area contributed by atoms with Crippen molar-refractivity contribution in [1.29, 1.82) is 0 Å². The lowest BCUT2D eigenvalue weighted by molar-refractivity contribution is 0.135. The lowest BCUT2D eigenvalue weighted by atomic mass is 9.86. The number of nitrogens with one attached hydrogen (secondary N) is 1. The standard InChI is InChI=1S/C8H18N2O/c1-7(11)5-8(9)3-2-4-10-6-8/h7,10-11H,2-6,9H2,1H3. The molecule has 1 aliphatic heterocycles. The fraction of sp³-hybridized carbons (Fsp3) is 1.00. The summed E-state index contributed by atoms with van der Waals surface area (Å²) in [6.45, 7) is 3.71. The molecule has 0 spiro atoms. The minimum atomic E-state index is -0.278. The van der Waals surface area contributed by atoms with E-state index < -0.39 is 0 Å². The van der Waals surface area contributed by atoms with Crippen LogP contribution in [0.4, 0.5) is 0 Å². The van der Waals surface area contributed by atoms with Crippen LogP contribution in [0.15, 0.2) is 0 Å². The van der Waals surface area contributed by atoms with E-state index in [9.17, 15) is 0 Å². The summed E-state index contributed by atoms with van der Waals surface area (Å²) in [5.41, 5.74) is 5.88. The molecule has 1 heterocycles. The number of nitrogens with two attached hydrogens (primary N) is 1. The molecular weight excluding hydrogens is 140 g/mol. The van der Waals surface area contributed by atoms with Crippen LogP contribution in [0, 0.1) is 0 Å². The predicted molar refractivity (Wildman–Crippen MR) is 45.3 cm³/mol. The highest BCUT2D eigenvalue weighted by Crippen LogP contribution is 2.18. The predicted octanol–water partition coefficient (Wildman–Crippen LogP) is -0.162. The topological polar surface area (TPSA) is 58.3 Å². The summed E-state index contributed by atoms with van der Waals surface area (Å²) in [5, 5.41) is 12.4. The quantitative estimate of drug-likeness (QED) is 0.523. The van der Waals surface area contributed by atoms with Gasteiger partial charge in [0.2, 0.25) is 0 Å². The molecule has 1 aliphatic rings. The fourth-order valence-corrected chi connectivity index (χ4v) is 1.75. The third-order valence-electron chi connectivity index (χ3n) is 2.21. The summed E-state index contributed by atoms with van der Waals surface area (Å²) in [6.07, 6.45) is 2.59. The Hall–Kier alpha value is -0.120. The molecule has 1 saturated heterocycles. The number of aliphatic hydroxyl groups excluding tert-OH is 1. The molecule has 0 bridgehead atoms. The van der Waals surface area contributed by atoms with Gasteiger partial charge in [0.25, 0.3) is 0 Å². The molecule has 0 amide bonds. The van der Waals surface area contributed by atoms with Crippen LogP contribution in [-0.4, -0.2) is 29.8 Å². The van der Waals surface area contributed by atoms with E-state index in [1.807, 2.05) is 0 Å². The first-order valence-electron chi connectivity index (χ1n) is 4.30. The molecular formula is C8H18N2O. The van der Waals surface area contributed by atoms with Gasteiger partial charge in [-0.3, -0.25) is 0 Å². The van der Waals surface area contributed by atoms with Gasteiger partial charge in [-0.1, -0.05) is 0 Å². The molecule has 0 saturated carbocycles. The Balaban J connectivity index is 2.37. The molecule has 0 aromatic carbocycles. The van der Waals surface area contributed by atoms with Crippen molar-refractivity contribution < 1.29 is 5.11 Å². The van der Waals surface area contributed by atoms with Gasteiger partial charge in [-0.2, -0.15) is 0 Å². The minimum absolute atomic E-state index is 0.160. The van der Waals surface area contributed by atoms with Gasteiger partial charge in [0.15, 0.2) is 0 Å². The molecule has 0 aromatic heterocycles. The normalized spacial score (nSPS) is 35.2. The van der Waals surface area contributed by atoms with Crippen LogP contribution >= 0.6 is 0 Å². The summed E-state index contributed by atoms with van der Waals surface area (Å²) < 4.78 is 0. The lowest BCUT2D eigenvalue weighted by Gasteiger charge is -2.34. The molecule has 2 atom stereocenters. The van der Waals surface area contributed by atoms with Gasteiger partial charge in [0, 0.05) is 12.1 Å². The van der Waals surface area contributed by atoms with Crippen molar-refractivity contribution in [2.45, 2.75) is 37.8 Å². The van der Waals surface area contributed by atoms with Crippen molar-refractivity contribution in [2.24, 2.45) is 5.73 Å². The van der Waals surface area contributed by atoms with Crippen LogP contribution < -0.4 is 11.1 Å². The third kappa shape index (κ3) is 2.77. The smallest absolute Gasteiger partial charge is 0.0530 e. The second kappa shape index (κ2) is 3.52. The molecule has 0 aliphatic carbocycles. The van der Waals surface area contributed by atoms with Gasteiger partial charge in [0.05, 0.1) is 6.10 Å². The van der Waals surface area contributed by atoms with E-state index in [1.54, 1.807) is 6.92 Å². The SMILES string of the molecule is CC(O)CC1(N)CCCNC1. The highest BCUT2D eigenvalue weighted by Gasteiger charge is 2.28. The van der Waals surface area contributed by atoms with Gasteiger partial charge < -0.3 is 16.2 Å². The molecule has 3 heteroatoms. The van der Waals surface area contributed by atoms with Crippen LogP contribution in [0.25, 0.3) is 0 Å². The monoisotopic (exact) mass is 158 g/mol. The fourth-order valence-electron chi connectivity index (χ4n) is 1.75. The second-order valence-electron chi connectivity index (χ2n) is 3.70. The van der Waals surface area contributed by atoms with E-state index in [2.05, 4.69) is 5.32 Å². The highest BCUT2D eigenvalue weighted by molar-refractivity contribution is 4.90. The molecule has 11 heavy (non-hydrogen) atoms. The summed E-state index contributed by atoms with van der Waals surface area (Å²) in [7, 11) is 0. The molecule has 3 nitrogen and oxygen atoms in total. The van der Waals surface area contributed by atoms with E-state index in [0.29, 0.717) is 6.42 Å². The third-order valence-corrected chi connectivity index (χ3v) is 2.21. The Morgan fingerprint density at radius 1 is 1.73 bits per heavy atom. The second-order valence-corrected chi connectivity index (χ2v) is 3.70. The number of piperidine rings is 1. The van der Waals surface area contributed by atoms with Crippen LogP contribution in [0.1, 0.15) is 26.2 Å². The van der Waals surface area contributed by atoms with Crippen LogP contribution in [-0.2, 0) is 0 Å². The molecule has 1 fully saturated rings. The van der Waals surface area contributed by atoms with Gasteiger partial charge >= 0.3 is 0 Å². The first-order chi connectivity index (χ1) is 5.12. The van der Waals surface area contributed by atoms with Crippen molar-refractivity contribution in [1.82, 2.24) is 5.32 Å². The first-order valence-corrected chi connectivity index (χ1v) is 4.30. The number of aliphatic hydroxyl groups is 1. The summed E-state index contributed by atoms with van der Waals surface area (Å²) in [4.78, 5) is 0. The van der Waals surface area contributed by atoms with E-state index in [1.165, 1.54) is 0 Å². The summed E-state index contributed by atoms with van der Waals surface area (Å²) in [6, 6.07) is 0. The zero-order chi connectivity index (χ0) is 8.32. The Labute approximate surface area is 68.0 Å². The molecule has 4 N–H and O–H groups in total. The van der Waals surface area contributed by atoms with Crippen LogP contribution in [0.2, 0.25) is 0 Å². The average molecular weight is 158 g/mol. The molecule has 1 rings (SSSR count). The average Bonchev–Trinajstić information content (AvgIpc) is 1.85. The van der Waals surface area contributed by atoms with Gasteiger partial charge in [-0.25, -0.2) is 0 Å². The van der Waals surface area contributed by atoms with Crippen LogP contribution in [0.3, 0.4) is 0 Å². The van der Waals surface area contributed by atoms with E-state index >= 15 is 0 Å². The van der Waals surface area contributed by atoms with E-state index in [0.717, 1.165) is 25.9 Å². The van der Waals surface area contributed by atoms with Crippen molar-refractivity contribution in [3.63, 3.8) is 0 Å². The number of hydrogen-bond donors (Lipinski definition) is 3. The van der Waals surface area contributed by atoms with Crippen molar-refractivity contribution in [2.75, 3.05) is 13.1 Å². The first kappa shape index (κ1) is 8.97.